The van der Waals surface area contributed by atoms with Gasteiger partial charge in [-0.3, -0.25) is 9.79 Å². The average Bonchev–Trinajstić information content (AvgIpc) is 3.14. The molecule has 140 valence electrons. The molecular weight excluding hydrogens is 445 g/mol. The molecule has 0 radical (unpaired) electrons. The Hall–Kier alpha value is -2.10. The maximum Gasteiger partial charge on any atom is 0.229 e. The number of aliphatic imine (C=N–C) groups is 1. The molecule has 2 aromatic rings. The first-order valence-electron chi connectivity index (χ1n) is 8.32. The third kappa shape index (κ3) is 4.75. The third-order valence-corrected chi connectivity index (χ3v) is 4.24. The molecule has 1 atom stereocenters. The predicted molar refractivity (Wildman–Crippen MR) is 112 cm³/mol. The van der Waals surface area contributed by atoms with E-state index >= 15 is 0 Å². The lowest BCUT2D eigenvalue weighted by atomic mass is 10.2. The summed E-state index contributed by atoms with van der Waals surface area (Å²) in [5.74, 6) is 2.17. The van der Waals surface area contributed by atoms with Crippen molar-refractivity contribution >= 4 is 41.5 Å². The van der Waals surface area contributed by atoms with Crippen LogP contribution in [0, 0.1) is 13.8 Å². The number of oxazole rings is 1. The summed E-state index contributed by atoms with van der Waals surface area (Å²) < 4.78 is 5.55. The van der Waals surface area contributed by atoms with Gasteiger partial charge in [-0.25, -0.2) is 4.98 Å². The van der Waals surface area contributed by atoms with Crippen molar-refractivity contribution in [3.8, 4) is 0 Å². The smallest absolute Gasteiger partial charge is 0.229 e. The van der Waals surface area contributed by atoms with Gasteiger partial charge in [-0.15, -0.1) is 24.0 Å². The van der Waals surface area contributed by atoms with Crippen molar-refractivity contribution in [1.29, 1.82) is 0 Å². The number of benzene rings is 1. The Morgan fingerprint density at radius 3 is 2.69 bits per heavy atom. The van der Waals surface area contributed by atoms with Crippen LogP contribution >= 0.6 is 24.0 Å². The molecule has 0 saturated carbocycles. The van der Waals surface area contributed by atoms with Gasteiger partial charge in [-0.1, -0.05) is 18.2 Å². The van der Waals surface area contributed by atoms with E-state index in [1.54, 1.807) is 11.9 Å². The minimum Gasteiger partial charge on any atom is -0.444 e. The molecule has 2 N–H and O–H groups in total. The van der Waals surface area contributed by atoms with E-state index in [0.29, 0.717) is 31.4 Å². The first kappa shape index (κ1) is 20.2. The van der Waals surface area contributed by atoms with E-state index in [1.165, 1.54) is 0 Å². The molecule has 1 amide bonds. The molecule has 1 aliphatic rings. The van der Waals surface area contributed by atoms with Crippen LogP contribution in [0.3, 0.4) is 0 Å². The van der Waals surface area contributed by atoms with Crippen LogP contribution in [-0.2, 0) is 11.3 Å². The largest absolute Gasteiger partial charge is 0.444 e. The molecule has 0 spiro atoms. The quantitative estimate of drug-likeness (QED) is 0.408. The second kappa shape index (κ2) is 9.02. The summed E-state index contributed by atoms with van der Waals surface area (Å²) in [4.78, 5) is 22.6. The maximum absolute atomic E-state index is 12.3. The average molecular weight is 469 g/mol. The van der Waals surface area contributed by atoms with E-state index in [9.17, 15) is 4.79 Å². The van der Waals surface area contributed by atoms with Crippen molar-refractivity contribution in [3.63, 3.8) is 0 Å². The summed E-state index contributed by atoms with van der Waals surface area (Å²) in [5, 5.41) is 6.47. The summed E-state index contributed by atoms with van der Waals surface area (Å²) in [6, 6.07) is 9.71. The Labute approximate surface area is 170 Å². The number of aryl methyl sites for hydroxylation is 2. The molecule has 1 fully saturated rings. The van der Waals surface area contributed by atoms with Gasteiger partial charge in [0.05, 0.1) is 18.3 Å². The molecule has 3 rings (SSSR count). The number of halogens is 1. The molecule has 2 heterocycles. The number of anilines is 1. The van der Waals surface area contributed by atoms with Crippen LogP contribution in [0.1, 0.15) is 23.8 Å². The zero-order valence-corrected chi connectivity index (χ0v) is 17.5. The number of guanidine groups is 1. The van der Waals surface area contributed by atoms with Gasteiger partial charge in [0.1, 0.15) is 5.76 Å². The Bertz CT molecular complexity index is 756. The minimum atomic E-state index is 0. The molecule has 1 aromatic heterocycles. The van der Waals surface area contributed by atoms with Crippen LogP contribution in [-0.4, -0.2) is 36.5 Å². The number of nitrogens with one attached hydrogen (secondary N) is 2. The van der Waals surface area contributed by atoms with Gasteiger partial charge < -0.3 is 20.0 Å². The van der Waals surface area contributed by atoms with Crippen LogP contribution in [0.5, 0.6) is 0 Å². The summed E-state index contributed by atoms with van der Waals surface area (Å²) in [6.45, 7) is 4.86. The van der Waals surface area contributed by atoms with Crippen LogP contribution in [0.15, 0.2) is 39.7 Å². The fourth-order valence-electron chi connectivity index (χ4n) is 2.82. The molecule has 0 bridgehead atoms. The van der Waals surface area contributed by atoms with Gasteiger partial charge in [0.2, 0.25) is 11.8 Å². The first-order valence-corrected chi connectivity index (χ1v) is 8.32. The van der Waals surface area contributed by atoms with Crippen LogP contribution in [0.2, 0.25) is 0 Å². The number of hydrogen-bond donors (Lipinski definition) is 2. The zero-order valence-electron chi connectivity index (χ0n) is 15.2. The number of aromatic nitrogens is 1. The van der Waals surface area contributed by atoms with Crippen LogP contribution < -0.4 is 15.5 Å². The van der Waals surface area contributed by atoms with Crippen molar-refractivity contribution in [2.24, 2.45) is 4.99 Å². The number of amides is 1. The number of rotatable bonds is 4. The molecule has 1 saturated heterocycles. The van der Waals surface area contributed by atoms with Crippen molar-refractivity contribution in [2.45, 2.75) is 32.9 Å². The van der Waals surface area contributed by atoms with Gasteiger partial charge >= 0.3 is 0 Å². The van der Waals surface area contributed by atoms with Crippen molar-refractivity contribution in [3.05, 3.63) is 47.7 Å². The number of nitrogens with zero attached hydrogens (tertiary/aromatic N) is 3. The number of para-hydroxylation sites is 1. The van der Waals surface area contributed by atoms with Crippen LogP contribution in [0.4, 0.5) is 5.69 Å². The van der Waals surface area contributed by atoms with Gasteiger partial charge in [-0.2, -0.15) is 0 Å². The summed E-state index contributed by atoms with van der Waals surface area (Å²) in [6.07, 6.45) is 0.437. The van der Waals surface area contributed by atoms with Gasteiger partial charge in [0, 0.05) is 25.7 Å². The number of carbonyl (C=O) groups is 1. The monoisotopic (exact) mass is 469 g/mol. The molecule has 1 aliphatic heterocycles. The molecule has 1 unspecified atom stereocenters. The highest BCUT2D eigenvalue weighted by atomic mass is 127. The number of hydrogen-bond acceptors (Lipinski definition) is 4. The van der Waals surface area contributed by atoms with Crippen molar-refractivity contribution in [2.75, 3.05) is 18.5 Å². The van der Waals surface area contributed by atoms with E-state index in [4.69, 9.17) is 4.42 Å². The normalized spacial score (nSPS) is 17.2. The zero-order chi connectivity index (χ0) is 17.8. The lowest BCUT2D eigenvalue weighted by Gasteiger charge is -2.18. The molecule has 8 heteroatoms. The summed E-state index contributed by atoms with van der Waals surface area (Å²) >= 11 is 0. The molecule has 0 aliphatic carbocycles. The van der Waals surface area contributed by atoms with Gasteiger partial charge in [0.15, 0.2) is 5.96 Å². The van der Waals surface area contributed by atoms with Gasteiger partial charge in [0.25, 0.3) is 0 Å². The standard InChI is InChI=1S/C18H23N5O2.HI/c1-12-13(2)25-16(21-12)10-20-18(19-3)22-14-9-17(24)23(11-14)15-7-5-4-6-8-15;/h4-8,14H,9-11H2,1-3H3,(H2,19,20,22);1H. The first-order chi connectivity index (χ1) is 12.1. The number of carbonyl (C=O) groups excluding carboxylic acids is 1. The molecular formula is C18H24IN5O2. The van der Waals surface area contributed by atoms with E-state index in [2.05, 4.69) is 20.6 Å². The summed E-state index contributed by atoms with van der Waals surface area (Å²) in [5.41, 5.74) is 1.81. The summed E-state index contributed by atoms with van der Waals surface area (Å²) in [7, 11) is 1.70. The highest BCUT2D eigenvalue weighted by molar-refractivity contribution is 14.0. The molecule has 1 aromatic carbocycles. The Balaban J connectivity index is 0.00000243. The van der Waals surface area contributed by atoms with E-state index in [1.807, 2.05) is 44.2 Å². The Morgan fingerprint density at radius 2 is 2.08 bits per heavy atom. The van der Waals surface area contributed by atoms with E-state index in [0.717, 1.165) is 17.1 Å². The molecule has 26 heavy (non-hydrogen) atoms. The van der Waals surface area contributed by atoms with Crippen molar-refractivity contribution in [1.82, 2.24) is 15.6 Å². The highest BCUT2D eigenvalue weighted by Crippen LogP contribution is 2.20. The lowest BCUT2D eigenvalue weighted by molar-refractivity contribution is -0.117. The minimum absolute atomic E-state index is 0. The fourth-order valence-corrected chi connectivity index (χ4v) is 2.82. The SMILES string of the molecule is CN=C(NCc1nc(C)c(C)o1)NC1CC(=O)N(c2ccccc2)C1.I. The molecule has 7 nitrogen and oxygen atoms in total. The third-order valence-electron chi connectivity index (χ3n) is 4.24. The van der Waals surface area contributed by atoms with E-state index in [-0.39, 0.29) is 35.9 Å². The topological polar surface area (TPSA) is 82.8 Å². The maximum atomic E-state index is 12.3. The second-order valence-electron chi connectivity index (χ2n) is 6.06. The van der Waals surface area contributed by atoms with E-state index < -0.39 is 0 Å². The lowest BCUT2D eigenvalue weighted by Crippen LogP contribution is -2.44. The van der Waals surface area contributed by atoms with Crippen molar-refractivity contribution < 1.29 is 9.21 Å². The fraction of sp³-hybridized carbons (Fsp3) is 0.389. The van der Waals surface area contributed by atoms with Gasteiger partial charge in [-0.05, 0) is 26.0 Å². The Morgan fingerprint density at radius 1 is 1.35 bits per heavy atom. The second-order valence-corrected chi connectivity index (χ2v) is 6.06. The van der Waals surface area contributed by atoms with Crippen LogP contribution in [0.25, 0.3) is 0 Å². The predicted octanol–water partition coefficient (Wildman–Crippen LogP) is 2.38. The Kier molecular flexibility index (Phi) is 7.01. The highest BCUT2D eigenvalue weighted by Gasteiger charge is 2.31.